The SMILES string of the molecule is Cc1cnn(C)c1-c1csc(C(=O)O)c1C. The lowest BCUT2D eigenvalue weighted by Gasteiger charge is -2.03. The molecule has 0 saturated heterocycles. The van der Waals surface area contributed by atoms with Crippen LogP contribution in [-0.4, -0.2) is 20.9 Å². The lowest BCUT2D eigenvalue weighted by atomic mass is 10.1. The minimum atomic E-state index is -0.867. The van der Waals surface area contributed by atoms with E-state index < -0.39 is 5.97 Å². The lowest BCUT2D eigenvalue weighted by molar-refractivity contribution is 0.0701. The molecule has 0 aliphatic carbocycles. The van der Waals surface area contributed by atoms with Gasteiger partial charge >= 0.3 is 5.97 Å². The molecule has 5 heteroatoms. The van der Waals surface area contributed by atoms with Crippen LogP contribution >= 0.6 is 11.3 Å². The summed E-state index contributed by atoms with van der Waals surface area (Å²) < 4.78 is 1.77. The van der Waals surface area contributed by atoms with Crippen LogP contribution in [0.2, 0.25) is 0 Å². The summed E-state index contributed by atoms with van der Waals surface area (Å²) in [6, 6.07) is 0. The van der Waals surface area contributed by atoms with Gasteiger partial charge in [-0.25, -0.2) is 4.79 Å². The van der Waals surface area contributed by atoms with E-state index in [-0.39, 0.29) is 0 Å². The van der Waals surface area contributed by atoms with Gasteiger partial charge in [0.25, 0.3) is 0 Å². The summed E-state index contributed by atoms with van der Waals surface area (Å²) in [5, 5.41) is 15.0. The van der Waals surface area contributed by atoms with Crippen molar-refractivity contribution >= 4 is 17.3 Å². The second kappa shape index (κ2) is 3.75. The minimum absolute atomic E-state index is 0.399. The minimum Gasteiger partial charge on any atom is -0.477 e. The molecule has 0 aliphatic heterocycles. The predicted molar refractivity (Wildman–Crippen MR) is 63.0 cm³/mol. The predicted octanol–water partition coefficient (Wildman–Crippen LogP) is 2.46. The van der Waals surface area contributed by atoms with Gasteiger partial charge in [-0.15, -0.1) is 11.3 Å². The topological polar surface area (TPSA) is 55.1 Å². The zero-order chi connectivity index (χ0) is 11.9. The highest BCUT2D eigenvalue weighted by atomic mass is 32.1. The molecule has 0 spiro atoms. The van der Waals surface area contributed by atoms with E-state index in [1.807, 2.05) is 26.3 Å². The van der Waals surface area contributed by atoms with Gasteiger partial charge in [-0.3, -0.25) is 4.68 Å². The largest absolute Gasteiger partial charge is 0.477 e. The monoisotopic (exact) mass is 236 g/mol. The van der Waals surface area contributed by atoms with Gasteiger partial charge in [0.15, 0.2) is 0 Å². The maximum atomic E-state index is 11.0. The van der Waals surface area contributed by atoms with Crippen molar-refractivity contribution in [2.24, 2.45) is 7.05 Å². The first-order valence-electron chi connectivity index (χ1n) is 4.82. The molecule has 4 nitrogen and oxygen atoms in total. The summed E-state index contributed by atoms with van der Waals surface area (Å²) in [4.78, 5) is 11.4. The average Bonchev–Trinajstić information content (AvgIpc) is 2.71. The molecule has 1 N–H and O–H groups in total. The number of carbonyl (C=O) groups is 1. The molecule has 0 aliphatic rings. The molecule has 2 aromatic heterocycles. The summed E-state index contributed by atoms with van der Waals surface area (Å²) in [5.74, 6) is -0.867. The number of aromatic nitrogens is 2. The molecule has 0 radical (unpaired) electrons. The van der Waals surface area contributed by atoms with Gasteiger partial charge in [-0.1, -0.05) is 0 Å². The smallest absolute Gasteiger partial charge is 0.346 e. The Bertz CT molecular complexity index is 535. The lowest BCUT2D eigenvalue weighted by Crippen LogP contribution is -1.97. The molecular weight excluding hydrogens is 224 g/mol. The fourth-order valence-corrected chi connectivity index (χ4v) is 2.71. The number of nitrogens with zero attached hydrogens (tertiary/aromatic N) is 2. The second-order valence-corrected chi connectivity index (χ2v) is 4.59. The van der Waals surface area contributed by atoms with Crippen LogP contribution in [0, 0.1) is 13.8 Å². The first-order chi connectivity index (χ1) is 7.52. The first kappa shape index (κ1) is 10.9. The highest BCUT2D eigenvalue weighted by Gasteiger charge is 2.17. The number of carboxylic acid groups (broad SMARTS) is 1. The van der Waals surface area contributed by atoms with Crippen molar-refractivity contribution in [3.8, 4) is 11.3 Å². The van der Waals surface area contributed by atoms with E-state index in [0.717, 1.165) is 22.4 Å². The quantitative estimate of drug-likeness (QED) is 0.871. The van der Waals surface area contributed by atoms with Crippen LogP contribution in [0.15, 0.2) is 11.6 Å². The Morgan fingerprint density at radius 1 is 1.50 bits per heavy atom. The molecule has 16 heavy (non-hydrogen) atoms. The van der Waals surface area contributed by atoms with E-state index in [9.17, 15) is 4.79 Å². The summed E-state index contributed by atoms with van der Waals surface area (Å²) in [7, 11) is 1.86. The Kier molecular flexibility index (Phi) is 2.55. The van der Waals surface area contributed by atoms with E-state index >= 15 is 0 Å². The number of aryl methyl sites for hydroxylation is 2. The number of carboxylic acids is 1. The van der Waals surface area contributed by atoms with Gasteiger partial charge in [0, 0.05) is 18.0 Å². The number of aromatic carboxylic acids is 1. The molecule has 0 unspecified atom stereocenters. The summed E-state index contributed by atoms with van der Waals surface area (Å²) in [6.45, 7) is 3.81. The van der Waals surface area contributed by atoms with Crippen LogP contribution in [0.4, 0.5) is 0 Å². The number of hydrogen-bond donors (Lipinski definition) is 1. The third kappa shape index (κ3) is 1.53. The van der Waals surface area contributed by atoms with Crippen LogP contribution in [-0.2, 0) is 7.05 Å². The maximum Gasteiger partial charge on any atom is 0.346 e. The Morgan fingerprint density at radius 2 is 2.19 bits per heavy atom. The molecule has 2 aromatic rings. The van der Waals surface area contributed by atoms with Crippen molar-refractivity contribution in [2.45, 2.75) is 13.8 Å². The Morgan fingerprint density at radius 3 is 2.62 bits per heavy atom. The zero-order valence-electron chi connectivity index (χ0n) is 9.31. The molecule has 0 aromatic carbocycles. The van der Waals surface area contributed by atoms with Crippen LogP contribution < -0.4 is 0 Å². The van der Waals surface area contributed by atoms with Crippen LogP contribution in [0.25, 0.3) is 11.3 Å². The van der Waals surface area contributed by atoms with Crippen molar-refractivity contribution in [2.75, 3.05) is 0 Å². The normalized spacial score (nSPS) is 10.7. The van der Waals surface area contributed by atoms with Gasteiger partial charge in [0.1, 0.15) is 4.88 Å². The third-order valence-electron chi connectivity index (χ3n) is 2.61. The van der Waals surface area contributed by atoms with Crippen LogP contribution in [0.3, 0.4) is 0 Å². The van der Waals surface area contributed by atoms with Crippen LogP contribution in [0.5, 0.6) is 0 Å². The van der Waals surface area contributed by atoms with E-state index in [4.69, 9.17) is 5.11 Å². The van der Waals surface area contributed by atoms with E-state index in [1.165, 1.54) is 11.3 Å². The van der Waals surface area contributed by atoms with Crippen molar-refractivity contribution in [3.05, 3.63) is 27.6 Å². The highest BCUT2D eigenvalue weighted by molar-refractivity contribution is 7.12. The highest BCUT2D eigenvalue weighted by Crippen LogP contribution is 2.32. The standard InChI is InChI=1S/C11H12N2O2S/c1-6-4-12-13(3)9(6)8-5-16-10(7(8)2)11(14)15/h4-5H,1-3H3,(H,14,15). The average molecular weight is 236 g/mol. The molecular formula is C11H12N2O2S. The third-order valence-corrected chi connectivity index (χ3v) is 3.68. The van der Waals surface area contributed by atoms with E-state index in [1.54, 1.807) is 10.9 Å². The fourth-order valence-electron chi connectivity index (χ4n) is 1.80. The summed E-state index contributed by atoms with van der Waals surface area (Å²) in [6.07, 6.45) is 1.78. The molecule has 0 atom stereocenters. The fraction of sp³-hybridized carbons (Fsp3) is 0.273. The molecule has 0 bridgehead atoms. The van der Waals surface area contributed by atoms with Crippen molar-refractivity contribution in [3.63, 3.8) is 0 Å². The van der Waals surface area contributed by atoms with Crippen molar-refractivity contribution in [1.82, 2.24) is 9.78 Å². The molecule has 84 valence electrons. The number of thiophene rings is 1. The van der Waals surface area contributed by atoms with Crippen molar-refractivity contribution in [1.29, 1.82) is 0 Å². The molecule has 0 saturated carbocycles. The molecule has 2 heterocycles. The summed E-state index contributed by atoms with van der Waals surface area (Å²) in [5.41, 5.74) is 3.81. The molecule has 2 rings (SSSR count). The Balaban J connectivity index is 2.62. The molecule has 0 amide bonds. The van der Waals surface area contributed by atoms with Gasteiger partial charge in [0.2, 0.25) is 0 Å². The van der Waals surface area contributed by atoms with Gasteiger partial charge in [-0.2, -0.15) is 5.10 Å². The van der Waals surface area contributed by atoms with Gasteiger partial charge in [0.05, 0.1) is 11.9 Å². The Labute approximate surface area is 97.2 Å². The zero-order valence-corrected chi connectivity index (χ0v) is 10.1. The number of rotatable bonds is 2. The maximum absolute atomic E-state index is 11.0. The summed E-state index contributed by atoms with van der Waals surface area (Å²) >= 11 is 1.26. The first-order valence-corrected chi connectivity index (χ1v) is 5.70. The van der Waals surface area contributed by atoms with Crippen LogP contribution in [0.1, 0.15) is 20.8 Å². The molecule has 0 fully saturated rings. The van der Waals surface area contributed by atoms with Gasteiger partial charge < -0.3 is 5.11 Å². The van der Waals surface area contributed by atoms with Gasteiger partial charge in [-0.05, 0) is 25.0 Å². The van der Waals surface area contributed by atoms with Crippen molar-refractivity contribution < 1.29 is 9.90 Å². The second-order valence-electron chi connectivity index (χ2n) is 3.71. The van der Waals surface area contributed by atoms with E-state index in [0.29, 0.717) is 4.88 Å². The van der Waals surface area contributed by atoms with E-state index in [2.05, 4.69) is 5.10 Å². The Hall–Kier alpha value is -1.62. The number of hydrogen-bond acceptors (Lipinski definition) is 3.